The highest BCUT2D eigenvalue weighted by atomic mass is 32.2. The van der Waals surface area contributed by atoms with Crippen molar-refractivity contribution < 1.29 is 35.1 Å². The van der Waals surface area contributed by atoms with Crippen LogP contribution in [0.5, 0.6) is 5.75 Å². The Morgan fingerprint density at radius 2 is 1.90 bits per heavy atom. The van der Waals surface area contributed by atoms with Gasteiger partial charge in [0.05, 0.1) is 6.54 Å². The van der Waals surface area contributed by atoms with Gasteiger partial charge in [0.25, 0.3) is 0 Å². The molecule has 7 nitrogen and oxygen atoms in total. The minimum atomic E-state index is -5.31. The van der Waals surface area contributed by atoms with Crippen LogP contribution in [0.15, 0.2) is 23.2 Å². The number of hydrogen-bond acceptors (Lipinski definition) is 4. The maximum Gasteiger partial charge on any atom is 0.511 e. The van der Waals surface area contributed by atoms with Gasteiger partial charge in [-0.1, -0.05) is 0 Å². The molecule has 1 aromatic carbocycles. The van der Waals surface area contributed by atoms with E-state index >= 15 is 0 Å². The molecule has 2 rings (SSSR count). The van der Waals surface area contributed by atoms with Crippen LogP contribution in [0.4, 0.5) is 22.0 Å². The first-order valence-electron chi connectivity index (χ1n) is 8.66. The van der Waals surface area contributed by atoms with Gasteiger partial charge < -0.3 is 15.4 Å². The van der Waals surface area contributed by atoms with Crippen LogP contribution in [0.2, 0.25) is 0 Å². The number of nitrogens with zero attached hydrogens (tertiary/aromatic N) is 2. The Morgan fingerprint density at radius 3 is 2.45 bits per heavy atom. The summed E-state index contributed by atoms with van der Waals surface area (Å²) in [6.07, 6.45) is 0.364. The zero-order valence-electron chi connectivity index (χ0n) is 15.5. The van der Waals surface area contributed by atoms with Gasteiger partial charge in [-0.2, -0.15) is 17.5 Å². The van der Waals surface area contributed by atoms with Gasteiger partial charge in [-0.15, -0.1) is 0 Å². The third kappa shape index (κ3) is 6.16. The first-order chi connectivity index (χ1) is 13.5. The summed E-state index contributed by atoms with van der Waals surface area (Å²) in [4.78, 5) is 3.98. The number of aliphatic imine (C=N–C) groups is 1. The van der Waals surface area contributed by atoms with Gasteiger partial charge in [0, 0.05) is 32.2 Å². The highest BCUT2D eigenvalue weighted by molar-refractivity contribution is 7.90. The highest BCUT2D eigenvalue weighted by Crippen LogP contribution is 2.28. The number of piperidine rings is 1. The summed E-state index contributed by atoms with van der Waals surface area (Å²) in [5, 5.41) is 5.92. The maximum absolute atomic E-state index is 13.1. The quantitative estimate of drug-likeness (QED) is 0.303. The number of hydrogen-bond donors (Lipinski definition) is 2. The molecule has 0 amide bonds. The summed E-state index contributed by atoms with van der Waals surface area (Å²) in [7, 11) is -3.82. The Bertz CT molecular complexity index is 824. The van der Waals surface area contributed by atoms with Gasteiger partial charge in [0.2, 0.25) is 0 Å². The molecule has 1 saturated heterocycles. The molecule has 0 atom stereocenters. The molecule has 164 valence electrons. The topological polar surface area (TPSA) is 83.0 Å². The molecule has 0 spiro atoms. The van der Waals surface area contributed by atoms with E-state index in [1.165, 1.54) is 13.1 Å². The molecule has 29 heavy (non-hydrogen) atoms. The molecule has 1 heterocycles. The lowest BCUT2D eigenvalue weighted by Crippen LogP contribution is -2.52. The van der Waals surface area contributed by atoms with Crippen molar-refractivity contribution in [2.24, 2.45) is 4.99 Å². The van der Waals surface area contributed by atoms with Crippen LogP contribution in [0, 0.1) is 11.6 Å². The number of benzene rings is 1. The molecule has 1 aromatic rings. The number of ether oxygens (including phenoxy) is 1. The lowest BCUT2D eigenvalue weighted by Gasteiger charge is -2.32. The average molecular weight is 444 g/mol. The van der Waals surface area contributed by atoms with E-state index in [0.29, 0.717) is 10.3 Å². The Kier molecular flexibility index (Phi) is 7.63. The molecule has 13 heteroatoms. The molecule has 1 fully saturated rings. The van der Waals surface area contributed by atoms with Crippen molar-refractivity contribution in [2.45, 2.75) is 24.4 Å². The van der Waals surface area contributed by atoms with E-state index in [9.17, 15) is 30.4 Å². The Hall–Kier alpha value is -2.15. The molecule has 0 radical (unpaired) electrons. The zero-order valence-corrected chi connectivity index (χ0v) is 16.3. The van der Waals surface area contributed by atoms with Crippen molar-refractivity contribution in [3.05, 3.63) is 29.8 Å². The number of alkyl halides is 3. The lowest BCUT2D eigenvalue weighted by molar-refractivity contribution is -0.0494. The average Bonchev–Trinajstić information content (AvgIpc) is 2.66. The monoisotopic (exact) mass is 444 g/mol. The third-order valence-corrected chi connectivity index (χ3v) is 5.84. The molecule has 2 N–H and O–H groups in total. The van der Waals surface area contributed by atoms with Gasteiger partial charge >= 0.3 is 15.5 Å². The van der Waals surface area contributed by atoms with Gasteiger partial charge in [-0.25, -0.2) is 17.2 Å². The Morgan fingerprint density at radius 1 is 1.24 bits per heavy atom. The first-order valence-corrected chi connectivity index (χ1v) is 10.1. The van der Waals surface area contributed by atoms with Crippen molar-refractivity contribution >= 4 is 16.0 Å². The zero-order chi connectivity index (χ0) is 21.7. The first kappa shape index (κ1) is 23.1. The second-order valence-electron chi connectivity index (χ2n) is 6.19. The molecule has 1 aliphatic heterocycles. The molecule has 1 aliphatic rings. The van der Waals surface area contributed by atoms with Crippen LogP contribution in [0.3, 0.4) is 0 Å². The maximum atomic E-state index is 13.1. The summed E-state index contributed by atoms with van der Waals surface area (Å²) in [6, 6.07) is 2.90. The van der Waals surface area contributed by atoms with E-state index in [1.54, 1.807) is 0 Å². The van der Waals surface area contributed by atoms with Crippen LogP contribution in [-0.2, 0) is 10.0 Å². The minimum absolute atomic E-state index is 0.119. The molecule has 0 aliphatic carbocycles. The smallest absolute Gasteiger partial charge is 0.492 e. The van der Waals surface area contributed by atoms with Crippen LogP contribution < -0.4 is 15.4 Å². The molecular formula is C16H21F5N4O3S. The van der Waals surface area contributed by atoms with E-state index < -0.39 is 27.2 Å². The second kappa shape index (κ2) is 9.57. The highest BCUT2D eigenvalue weighted by Gasteiger charge is 2.50. The third-order valence-electron chi connectivity index (χ3n) is 4.21. The number of nitrogens with one attached hydrogen (secondary N) is 2. The molecular weight excluding hydrogens is 423 g/mol. The van der Waals surface area contributed by atoms with Crippen molar-refractivity contribution in [1.29, 1.82) is 0 Å². The summed E-state index contributed by atoms with van der Waals surface area (Å²) in [6.45, 7) is -0.125. The van der Waals surface area contributed by atoms with E-state index in [-0.39, 0.29) is 50.9 Å². The summed E-state index contributed by atoms with van der Waals surface area (Å²) < 4.78 is 92.2. The van der Waals surface area contributed by atoms with Gasteiger partial charge in [-0.05, 0) is 25.0 Å². The number of guanidine groups is 1. The Balaban J connectivity index is 1.75. The molecule has 0 saturated carbocycles. The molecule has 0 aromatic heterocycles. The van der Waals surface area contributed by atoms with Gasteiger partial charge in [-0.3, -0.25) is 4.99 Å². The van der Waals surface area contributed by atoms with Crippen molar-refractivity contribution in [3.8, 4) is 5.75 Å². The van der Waals surface area contributed by atoms with Crippen LogP contribution >= 0.6 is 0 Å². The van der Waals surface area contributed by atoms with E-state index in [0.717, 1.165) is 12.1 Å². The Labute approximate surface area is 165 Å². The fourth-order valence-electron chi connectivity index (χ4n) is 2.68. The molecule has 0 bridgehead atoms. The normalized spacial score (nSPS) is 17.2. The predicted molar refractivity (Wildman–Crippen MR) is 95.9 cm³/mol. The van der Waals surface area contributed by atoms with Gasteiger partial charge in [0.1, 0.15) is 12.4 Å². The fraction of sp³-hybridized carbons (Fsp3) is 0.562. The van der Waals surface area contributed by atoms with E-state index in [1.807, 2.05) is 0 Å². The number of sulfonamides is 1. The standard InChI is InChI=1S/C16H21F5N4O3S/c1-22-15(23-6-9-28-12-2-3-13(17)14(18)10-12)24-11-4-7-25(8-5-11)29(26,27)16(19,20)21/h2-3,10-11H,4-9H2,1H3,(H2,22,23,24). The van der Waals surface area contributed by atoms with Crippen LogP contribution in [0.25, 0.3) is 0 Å². The fourth-order valence-corrected chi connectivity index (χ4v) is 3.66. The molecule has 0 unspecified atom stereocenters. The van der Waals surface area contributed by atoms with E-state index in [4.69, 9.17) is 4.74 Å². The van der Waals surface area contributed by atoms with Crippen LogP contribution in [0.1, 0.15) is 12.8 Å². The van der Waals surface area contributed by atoms with Crippen molar-refractivity contribution in [1.82, 2.24) is 14.9 Å². The SMILES string of the molecule is CN=C(NCCOc1ccc(F)c(F)c1)NC1CCN(S(=O)(=O)C(F)(F)F)CC1. The summed E-state index contributed by atoms with van der Waals surface area (Å²) in [5.41, 5.74) is -5.31. The van der Waals surface area contributed by atoms with Crippen molar-refractivity contribution in [2.75, 3.05) is 33.3 Å². The number of rotatable bonds is 6. The van der Waals surface area contributed by atoms with Crippen molar-refractivity contribution in [3.63, 3.8) is 0 Å². The van der Waals surface area contributed by atoms with Gasteiger partial charge in [0.15, 0.2) is 17.6 Å². The summed E-state index contributed by atoms with van der Waals surface area (Å²) >= 11 is 0. The van der Waals surface area contributed by atoms with E-state index in [2.05, 4.69) is 15.6 Å². The number of halogens is 5. The minimum Gasteiger partial charge on any atom is -0.492 e. The predicted octanol–water partition coefficient (Wildman–Crippen LogP) is 1.82. The largest absolute Gasteiger partial charge is 0.511 e. The summed E-state index contributed by atoms with van der Waals surface area (Å²) in [5.74, 6) is -1.48. The van der Waals surface area contributed by atoms with Crippen LogP contribution in [-0.4, -0.2) is 63.5 Å². The lowest BCUT2D eigenvalue weighted by atomic mass is 10.1. The second-order valence-corrected chi connectivity index (χ2v) is 8.12.